The van der Waals surface area contributed by atoms with Crippen molar-refractivity contribution in [2.24, 2.45) is 0 Å². The van der Waals surface area contributed by atoms with Gasteiger partial charge in [0, 0.05) is 39.1 Å². The van der Waals surface area contributed by atoms with Gasteiger partial charge in [-0.2, -0.15) is 0 Å². The summed E-state index contributed by atoms with van der Waals surface area (Å²) in [5.41, 5.74) is 2.68. The SMILES string of the molecule is CN1C=CNC1c1ccc(CN2CCOCC2)cc1. The van der Waals surface area contributed by atoms with E-state index in [4.69, 9.17) is 4.74 Å². The predicted octanol–water partition coefficient (Wildman–Crippen LogP) is 1.52. The highest BCUT2D eigenvalue weighted by Crippen LogP contribution is 2.21. The average molecular weight is 259 g/mol. The second kappa shape index (κ2) is 5.63. The molecule has 0 spiro atoms. The first-order chi connectivity index (χ1) is 9.33. The van der Waals surface area contributed by atoms with Crippen molar-refractivity contribution in [3.05, 3.63) is 47.8 Å². The molecule has 1 saturated heterocycles. The third-order valence-corrected chi connectivity index (χ3v) is 3.78. The van der Waals surface area contributed by atoms with Crippen LogP contribution in [0, 0.1) is 0 Å². The Morgan fingerprint density at radius 2 is 1.95 bits per heavy atom. The minimum absolute atomic E-state index is 0.275. The van der Waals surface area contributed by atoms with Crippen molar-refractivity contribution in [1.29, 1.82) is 0 Å². The zero-order chi connectivity index (χ0) is 13.1. The van der Waals surface area contributed by atoms with Gasteiger partial charge in [-0.3, -0.25) is 4.90 Å². The molecule has 1 aromatic carbocycles. The highest BCUT2D eigenvalue weighted by Gasteiger charge is 2.17. The molecule has 0 amide bonds. The van der Waals surface area contributed by atoms with Crippen molar-refractivity contribution >= 4 is 0 Å². The fourth-order valence-corrected chi connectivity index (χ4v) is 2.61. The van der Waals surface area contributed by atoms with Gasteiger partial charge in [0.1, 0.15) is 6.17 Å². The molecular formula is C15H21N3O. The summed E-state index contributed by atoms with van der Waals surface area (Å²) >= 11 is 0. The van der Waals surface area contributed by atoms with Crippen molar-refractivity contribution in [2.75, 3.05) is 33.4 Å². The summed E-state index contributed by atoms with van der Waals surface area (Å²) in [7, 11) is 2.09. The second-order valence-electron chi connectivity index (χ2n) is 5.18. The Balaban J connectivity index is 1.62. The lowest BCUT2D eigenvalue weighted by atomic mass is 10.1. The molecule has 1 unspecified atom stereocenters. The topological polar surface area (TPSA) is 27.7 Å². The summed E-state index contributed by atoms with van der Waals surface area (Å²) in [5.74, 6) is 0. The minimum Gasteiger partial charge on any atom is -0.379 e. The maximum atomic E-state index is 5.37. The molecule has 3 rings (SSSR count). The van der Waals surface area contributed by atoms with Crippen LogP contribution in [0.3, 0.4) is 0 Å². The summed E-state index contributed by atoms with van der Waals surface area (Å²) in [6, 6.07) is 8.91. The third kappa shape index (κ3) is 2.91. The number of hydrogen-bond donors (Lipinski definition) is 1. The van der Waals surface area contributed by atoms with E-state index in [2.05, 4.69) is 52.6 Å². The van der Waals surface area contributed by atoms with Gasteiger partial charge in [0.25, 0.3) is 0 Å². The fourth-order valence-electron chi connectivity index (χ4n) is 2.61. The quantitative estimate of drug-likeness (QED) is 0.891. The maximum Gasteiger partial charge on any atom is 0.124 e. The van der Waals surface area contributed by atoms with Crippen LogP contribution < -0.4 is 5.32 Å². The molecule has 1 fully saturated rings. The van der Waals surface area contributed by atoms with Crippen LogP contribution in [-0.2, 0) is 11.3 Å². The van der Waals surface area contributed by atoms with Gasteiger partial charge in [0.2, 0.25) is 0 Å². The molecule has 0 bridgehead atoms. The zero-order valence-electron chi connectivity index (χ0n) is 11.4. The van der Waals surface area contributed by atoms with Crippen LogP contribution in [-0.4, -0.2) is 43.2 Å². The molecular weight excluding hydrogens is 238 g/mol. The largest absolute Gasteiger partial charge is 0.379 e. The molecule has 19 heavy (non-hydrogen) atoms. The van der Waals surface area contributed by atoms with Gasteiger partial charge in [0.05, 0.1) is 13.2 Å². The smallest absolute Gasteiger partial charge is 0.124 e. The molecule has 4 nitrogen and oxygen atoms in total. The summed E-state index contributed by atoms with van der Waals surface area (Å²) in [6.07, 6.45) is 4.33. The number of nitrogens with one attached hydrogen (secondary N) is 1. The van der Waals surface area contributed by atoms with Crippen molar-refractivity contribution in [3.63, 3.8) is 0 Å². The molecule has 2 heterocycles. The zero-order valence-corrected chi connectivity index (χ0v) is 11.4. The fraction of sp³-hybridized carbons (Fsp3) is 0.467. The first kappa shape index (κ1) is 12.5. The molecule has 0 radical (unpaired) electrons. The van der Waals surface area contributed by atoms with Gasteiger partial charge in [-0.25, -0.2) is 0 Å². The van der Waals surface area contributed by atoms with Crippen molar-refractivity contribution in [2.45, 2.75) is 12.7 Å². The van der Waals surface area contributed by atoms with Crippen LogP contribution >= 0.6 is 0 Å². The van der Waals surface area contributed by atoms with Crippen LogP contribution in [0.5, 0.6) is 0 Å². The van der Waals surface area contributed by atoms with Gasteiger partial charge >= 0.3 is 0 Å². The van der Waals surface area contributed by atoms with Gasteiger partial charge in [-0.1, -0.05) is 24.3 Å². The Hall–Kier alpha value is -1.52. The Morgan fingerprint density at radius 3 is 2.58 bits per heavy atom. The lowest BCUT2D eigenvalue weighted by molar-refractivity contribution is 0.0342. The van der Waals surface area contributed by atoms with Crippen LogP contribution in [0.1, 0.15) is 17.3 Å². The molecule has 1 N–H and O–H groups in total. The molecule has 0 aromatic heterocycles. The highest BCUT2D eigenvalue weighted by molar-refractivity contribution is 5.26. The number of ether oxygens (including phenoxy) is 1. The Morgan fingerprint density at radius 1 is 1.21 bits per heavy atom. The number of rotatable bonds is 3. The maximum absolute atomic E-state index is 5.37. The average Bonchev–Trinajstić information content (AvgIpc) is 2.87. The van der Waals surface area contributed by atoms with Crippen LogP contribution in [0.15, 0.2) is 36.7 Å². The van der Waals surface area contributed by atoms with E-state index in [0.717, 1.165) is 32.8 Å². The highest BCUT2D eigenvalue weighted by atomic mass is 16.5. The second-order valence-corrected chi connectivity index (χ2v) is 5.18. The molecule has 2 aliphatic heterocycles. The summed E-state index contributed by atoms with van der Waals surface area (Å²) < 4.78 is 5.37. The summed E-state index contributed by atoms with van der Waals surface area (Å²) in [4.78, 5) is 4.62. The number of nitrogens with zero attached hydrogens (tertiary/aromatic N) is 2. The Labute approximate surface area is 114 Å². The standard InChI is InChI=1S/C15H21N3O/c1-17-7-6-16-15(17)14-4-2-13(3-5-14)12-18-8-10-19-11-9-18/h2-7,15-16H,8-12H2,1H3. The lowest BCUT2D eigenvalue weighted by Crippen LogP contribution is -2.35. The van der Waals surface area contributed by atoms with E-state index in [1.54, 1.807) is 0 Å². The van der Waals surface area contributed by atoms with E-state index in [9.17, 15) is 0 Å². The van der Waals surface area contributed by atoms with E-state index < -0.39 is 0 Å². The normalized spacial score (nSPS) is 23.6. The first-order valence-corrected chi connectivity index (χ1v) is 6.86. The molecule has 0 aliphatic carbocycles. The van der Waals surface area contributed by atoms with Crippen molar-refractivity contribution in [3.8, 4) is 0 Å². The van der Waals surface area contributed by atoms with E-state index in [0.29, 0.717) is 0 Å². The van der Waals surface area contributed by atoms with E-state index >= 15 is 0 Å². The summed E-state index contributed by atoms with van der Waals surface area (Å²) in [6.45, 7) is 4.83. The van der Waals surface area contributed by atoms with Crippen molar-refractivity contribution in [1.82, 2.24) is 15.1 Å². The molecule has 102 valence electrons. The monoisotopic (exact) mass is 259 g/mol. The summed E-state index contributed by atoms with van der Waals surface area (Å²) in [5, 5.41) is 3.34. The van der Waals surface area contributed by atoms with E-state index in [1.807, 2.05) is 6.20 Å². The number of benzene rings is 1. The molecule has 4 heteroatoms. The van der Waals surface area contributed by atoms with Crippen LogP contribution in [0.25, 0.3) is 0 Å². The van der Waals surface area contributed by atoms with Crippen LogP contribution in [0.4, 0.5) is 0 Å². The molecule has 1 atom stereocenters. The Kier molecular flexibility index (Phi) is 3.71. The molecule has 2 aliphatic rings. The Bertz CT molecular complexity index is 437. The number of morpholine rings is 1. The van der Waals surface area contributed by atoms with Gasteiger partial charge in [-0.05, 0) is 11.1 Å². The van der Waals surface area contributed by atoms with E-state index in [1.165, 1.54) is 11.1 Å². The van der Waals surface area contributed by atoms with Gasteiger partial charge in [-0.15, -0.1) is 0 Å². The van der Waals surface area contributed by atoms with Crippen molar-refractivity contribution < 1.29 is 4.74 Å². The van der Waals surface area contributed by atoms with Gasteiger partial charge < -0.3 is 15.0 Å². The van der Waals surface area contributed by atoms with E-state index in [-0.39, 0.29) is 6.17 Å². The van der Waals surface area contributed by atoms with Crippen LogP contribution in [0.2, 0.25) is 0 Å². The third-order valence-electron chi connectivity index (χ3n) is 3.78. The lowest BCUT2D eigenvalue weighted by Gasteiger charge is -2.27. The predicted molar refractivity (Wildman–Crippen MR) is 75.3 cm³/mol. The molecule has 1 aromatic rings. The minimum atomic E-state index is 0.275. The first-order valence-electron chi connectivity index (χ1n) is 6.86. The van der Waals surface area contributed by atoms with Gasteiger partial charge in [0.15, 0.2) is 0 Å². The number of hydrogen-bond acceptors (Lipinski definition) is 4. The molecule has 0 saturated carbocycles.